The van der Waals surface area contributed by atoms with Crippen LogP contribution in [0.25, 0.3) is 0 Å². The molecule has 1 heterocycles. The lowest BCUT2D eigenvalue weighted by Gasteiger charge is -1.99. The van der Waals surface area contributed by atoms with Crippen molar-refractivity contribution in [2.24, 2.45) is 4.36 Å². The summed E-state index contributed by atoms with van der Waals surface area (Å²) in [6.45, 7) is 0. The first kappa shape index (κ1) is 13.6. The molecule has 1 unspecified atom stereocenters. The molecule has 0 saturated carbocycles. The Morgan fingerprint density at radius 3 is 2.53 bits per heavy atom. The third kappa shape index (κ3) is 3.33. The van der Waals surface area contributed by atoms with Gasteiger partial charge in [0.25, 0.3) is 5.78 Å². The summed E-state index contributed by atoms with van der Waals surface area (Å²) >= 11 is 0. The molecule has 0 radical (unpaired) electrons. The molecule has 0 saturated heterocycles. The number of hydrogen-bond donors (Lipinski definition) is 2. The van der Waals surface area contributed by atoms with E-state index in [1.807, 2.05) is 30.3 Å². The van der Waals surface area contributed by atoms with Gasteiger partial charge in [0.2, 0.25) is 0 Å². The molecule has 1 aromatic carbocycles. The summed E-state index contributed by atoms with van der Waals surface area (Å²) in [4.78, 5) is 22.3. The van der Waals surface area contributed by atoms with Gasteiger partial charge in [-0.1, -0.05) is 18.2 Å². The van der Waals surface area contributed by atoms with Crippen molar-refractivity contribution in [2.45, 2.75) is 4.90 Å². The molecule has 5 nitrogen and oxygen atoms in total. The van der Waals surface area contributed by atoms with E-state index >= 15 is 0 Å². The number of carbonyl (C=O) groups is 2. The van der Waals surface area contributed by atoms with E-state index < -0.39 is 27.2 Å². The minimum Gasteiger partial charge on any atom is -0.505 e. The van der Waals surface area contributed by atoms with Gasteiger partial charge in [0, 0.05) is 16.4 Å². The van der Waals surface area contributed by atoms with E-state index in [9.17, 15) is 14.7 Å². The van der Waals surface area contributed by atoms with Crippen LogP contribution < -0.4 is 0 Å². The molecule has 1 aliphatic heterocycles. The highest BCUT2D eigenvalue weighted by Gasteiger charge is 2.16. The number of nitrogens with zero attached hydrogens (tertiary/aromatic N) is 1. The topological polar surface area (TPSA) is 87.0 Å². The Labute approximate surface area is 115 Å². The molecule has 0 spiro atoms. The van der Waals surface area contributed by atoms with Crippen LogP contribution in [0.2, 0.25) is 0 Å². The largest absolute Gasteiger partial charge is 0.505 e. The van der Waals surface area contributed by atoms with E-state index in [0.717, 1.165) is 4.90 Å². The molecule has 1 aromatic rings. The zero-order chi connectivity index (χ0) is 13.8. The molecule has 7 heteroatoms. The van der Waals surface area contributed by atoms with Crippen molar-refractivity contribution in [3.63, 3.8) is 0 Å². The van der Waals surface area contributed by atoms with Gasteiger partial charge in [0.05, 0.1) is 0 Å². The fourth-order valence-corrected chi connectivity index (χ4v) is 4.22. The Morgan fingerprint density at radius 1 is 1.21 bits per heavy atom. The summed E-state index contributed by atoms with van der Waals surface area (Å²) in [5, 5.41) is 19.7. The van der Waals surface area contributed by atoms with Crippen molar-refractivity contribution in [3.8, 4) is 0 Å². The zero-order valence-electron chi connectivity index (χ0n) is 9.52. The molecule has 0 aromatic heterocycles. The summed E-state index contributed by atoms with van der Waals surface area (Å²) in [7, 11) is 0.930. The predicted molar refractivity (Wildman–Crippen MR) is 73.5 cm³/mol. The number of rotatable bonds is 4. The molecule has 0 aliphatic carbocycles. The van der Waals surface area contributed by atoms with Crippen LogP contribution in [0.1, 0.15) is 0 Å². The quantitative estimate of drug-likeness (QED) is 0.385. The Bertz CT molecular complexity index is 620. The van der Waals surface area contributed by atoms with Gasteiger partial charge in [-0.3, -0.25) is 4.79 Å². The monoisotopic (exact) mass is 295 g/mol. The number of aliphatic hydroxyl groups is 1. The third-order valence-electron chi connectivity index (χ3n) is 2.12. The minimum atomic E-state index is -1.61. The Kier molecular flexibility index (Phi) is 4.18. The second-order valence-electron chi connectivity index (χ2n) is 3.45. The molecule has 1 aliphatic rings. The second kappa shape index (κ2) is 5.85. The lowest BCUT2D eigenvalue weighted by Crippen LogP contribution is -2.09. The summed E-state index contributed by atoms with van der Waals surface area (Å²) in [6.07, 6.45) is 0.663. The number of carboxylic acids is 1. The van der Waals surface area contributed by atoms with Gasteiger partial charge in [0.15, 0.2) is 0 Å². The smallest absolute Gasteiger partial charge is 0.376 e. The zero-order valence-corrected chi connectivity index (χ0v) is 11.1. The van der Waals surface area contributed by atoms with E-state index in [-0.39, 0.29) is 5.70 Å². The van der Waals surface area contributed by atoms with Gasteiger partial charge in [-0.2, -0.15) is 0 Å². The standard InChI is InChI=1S/C12H9NO4S2/c14-10(6-11(15)12(16)17)9-7-18-19(13-9)8-4-2-1-3-5-8/h1-7,14H,(H,16,17). The van der Waals surface area contributed by atoms with Crippen molar-refractivity contribution in [1.82, 2.24) is 0 Å². The van der Waals surface area contributed by atoms with Crippen LogP contribution in [0.15, 0.2) is 62.5 Å². The van der Waals surface area contributed by atoms with Crippen molar-refractivity contribution in [2.75, 3.05) is 0 Å². The Morgan fingerprint density at radius 2 is 1.89 bits per heavy atom. The van der Waals surface area contributed by atoms with Crippen LogP contribution in [0.5, 0.6) is 0 Å². The summed E-state index contributed by atoms with van der Waals surface area (Å²) < 4.78 is 4.26. The highest BCUT2D eigenvalue weighted by atomic mass is 33.1. The van der Waals surface area contributed by atoms with Crippen molar-refractivity contribution < 1.29 is 19.8 Å². The molecule has 2 N–H and O–H groups in total. The highest BCUT2D eigenvalue weighted by Crippen LogP contribution is 2.33. The average molecular weight is 295 g/mol. The van der Waals surface area contributed by atoms with Crippen LogP contribution in [-0.4, -0.2) is 22.0 Å². The summed E-state index contributed by atoms with van der Waals surface area (Å²) in [5.41, 5.74) is 0.229. The third-order valence-corrected chi connectivity index (χ3v) is 5.29. The van der Waals surface area contributed by atoms with Crippen LogP contribution >= 0.6 is 10.8 Å². The molecule has 2 rings (SSSR count). The lowest BCUT2D eigenvalue weighted by molar-refractivity contribution is -0.146. The molecular weight excluding hydrogens is 286 g/mol. The summed E-state index contributed by atoms with van der Waals surface area (Å²) in [6, 6.07) is 9.50. The first-order valence-corrected chi connectivity index (χ1v) is 7.72. The second-order valence-corrected chi connectivity index (χ2v) is 6.56. The van der Waals surface area contributed by atoms with Crippen LogP contribution in [0.3, 0.4) is 0 Å². The van der Waals surface area contributed by atoms with E-state index in [2.05, 4.69) is 4.36 Å². The molecule has 0 fully saturated rings. The van der Waals surface area contributed by atoms with E-state index in [1.165, 1.54) is 10.8 Å². The predicted octanol–water partition coefficient (Wildman–Crippen LogP) is 2.45. The summed E-state index contributed by atoms with van der Waals surface area (Å²) in [5.74, 6) is -3.21. The van der Waals surface area contributed by atoms with Gasteiger partial charge in [-0.15, -0.1) is 0 Å². The van der Waals surface area contributed by atoms with E-state index in [0.29, 0.717) is 6.08 Å². The number of ketones is 1. The SMILES string of the molecule is O=C(O)C(=O)C=C(O)C1=CSS(c2ccccc2)=N1. The first-order chi connectivity index (χ1) is 9.08. The number of carbonyl (C=O) groups excluding carboxylic acids is 1. The fraction of sp³-hybridized carbons (Fsp3) is 0. The van der Waals surface area contributed by atoms with Gasteiger partial charge in [0.1, 0.15) is 11.5 Å². The number of aliphatic carboxylic acids is 1. The van der Waals surface area contributed by atoms with Crippen LogP contribution in [0, 0.1) is 0 Å². The maximum Gasteiger partial charge on any atom is 0.376 e. The number of carboxylic acid groups (broad SMARTS) is 1. The van der Waals surface area contributed by atoms with Gasteiger partial charge < -0.3 is 10.2 Å². The van der Waals surface area contributed by atoms with Crippen molar-refractivity contribution in [1.29, 1.82) is 0 Å². The molecule has 0 amide bonds. The van der Waals surface area contributed by atoms with E-state index in [1.54, 1.807) is 5.41 Å². The number of hydrogen-bond acceptors (Lipinski definition) is 5. The Balaban J connectivity index is 2.19. The maximum atomic E-state index is 11.0. The van der Waals surface area contributed by atoms with E-state index in [4.69, 9.17) is 5.11 Å². The van der Waals surface area contributed by atoms with Crippen LogP contribution in [-0.2, 0) is 19.3 Å². The fourth-order valence-electron chi connectivity index (χ4n) is 1.24. The number of aliphatic hydroxyl groups excluding tert-OH is 1. The molecule has 1 atom stereocenters. The molecular formula is C12H9NO4S2. The lowest BCUT2D eigenvalue weighted by atomic mass is 10.3. The normalized spacial score (nSPS) is 18.6. The maximum absolute atomic E-state index is 11.0. The average Bonchev–Trinajstić information content (AvgIpc) is 2.89. The van der Waals surface area contributed by atoms with Crippen molar-refractivity contribution in [3.05, 3.63) is 53.3 Å². The molecule has 19 heavy (non-hydrogen) atoms. The minimum absolute atomic E-state index is 0.229. The molecule has 98 valence electrons. The molecule has 0 bridgehead atoms. The van der Waals surface area contributed by atoms with Gasteiger partial charge >= 0.3 is 5.97 Å². The highest BCUT2D eigenvalue weighted by molar-refractivity contribution is 8.71. The van der Waals surface area contributed by atoms with Gasteiger partial charge in [-0.25, -0.2) is 9.16 Å². The van der Waals surface area contributed by atoms with Crippen LogP contribution in [0.4, 0.5) is 0 Å². The number of benzene rings is 1. The van der Waals surface area contributed by atoms with Gasteiger partial charge in [-0.05, 0) is 32.6 Å². The first-order valence-electron chi connectivity index (χ1n) is 5.14. The van der Waals surface area contributed by atoms with Crippen molar-refractivity contribution >= 4 is 32.3 Å². The Hall–Kier alpha value is -1.86.